The summed E-state index contributed by atoms with van der Waals surface area (Å²) in [6.45, 7) is 3.42. The van der Waals surface area contributed by atoms with E-state index < -0.39 is 0 Å². The minimum absolute atomic E-state index is 0.0341. The number of aromatic nitrogens is 1. The van der Waals surface area contributed by atoms with Gasteiger partial charge in [0, 0.05) is 24.2 Å². The molecule has 0 atom stereocenters. The van der Waals surface area contributed by atoms with E-state index in [1.54, 1.807) is 24.5 Å². The Morgan fingerprint density at radius 2 is 2.29 bits per heavy atom. The number of methoxy groups -OCH3 is 1. The average Bonchev–Trinajstić information content (AvgIpc) is 2.91. The monoisotopic (exact) mass is 306 g/mol. The van der Waals surface area contributed by atoms with Crippen molar-refractivity contribution in [3.05, 3.63) is 45.4 Å². The second kappa shape index (κ2) is 7.05. The summed E-state index contributed by atoms with van der Waals surface area (Å²) < 4.78 is 5.20. The standard InChI is InChI=1S/C14H18N4O2S/c1-9-17-8-11(21-9)7-16-6-10-3-4-13(20-2)12(5-10)14(15)18-19/h3-5,8,16,19H,6-7H2,1-2H3,(H2,15,18). The van der Waals surface area contributed by atoms with Gasteiger partial charge in [0.25, 0.3) is 0 Å². The number of benzene rings is 1. The fourth-order valence-electron chi connectivity index (χ4n) is 1.94. The number of hydrogen-bond acceptors (Lipinski definition) is 6. The molecule has 2 rings (SSSR count). The van der Waals surface area contributed by atoms with E-state index in [0.29, 0.717) is 17.9 Å². The Kier molecular flexibility index (Phi) is 5.13. The molecule has 0 unspecified atom stereocenters. The molecule has 0 amide bonds. The molecule has 4 N–H and O–H groups in total. The van der Waals surface area contributed by atoms with Crippen LogP contribution in [0.15, 0.2) is 29.6 Å². The van der Waals surface area contributed by atoms with Crippen LogP contribution in [0.2, 0.25) is 0 Å². The molecule has 21 heavy (non-hydrogen) atoms. The number of ether oxygens (including phenoxy) is 1. The van der Waals surface area contributed by atoms with Crippen molar-refractivity contribution in [1.29, 1.82) is 0 Å². The molecule has 0 aliphatic rings. The van der Waals surface area contributed by atoms with Gasteiger partial charge < -0.3 is 21.0 Å². The highest BCUT2D eigenvalue weighted by atomic mass is 32.1. The second-order valence-corrected chi connectivity index (χ2v) is 5.79. The van der Waals surface area contributed by atoms with Crippen LogP contribution in [0.25, 0.3) is 0 Å². The predicted molar refractivity (Wildman–Crippen MR) is 82.9 cm³/mol. The van der Waals surface area contributed by atoms with Gasteiger partial charge in [0.1, 0.15) is 5.75 Å². The molecule has 1 aromatic heterocycles. The van der Waals surface area contributed by atoms with Crippen LogP contribution >= 0.6 is 11.3 Å². The van der Waals surface area contributed by atoms with Crippen molar-refractivity contribution < 1.29 is 9.94 Å². The van der Waals surface area contributed by atoms with Gasteiger partial charge in [0.05, 0.1) is 17.7 Å². The van der Waals surface area contributed by atoms with Gasteiger partial charge in [-0.2, -0.15) is 0 Å². The molecule has 0 aliphatic heterocycles. The smallest absolute Gasteiger partial charge is 0.173 e. The highest BCUT2D eigenvalue weighted by molar-refractivity contribution is 7.11. The van der Waals surface area contributed by atoms with Gasteiger partial charge in [-0.05, 0) is 24.6 Å². The first-order valence-corrected chi connectivity index (χ1v) is 7.22. The zero-order valence-corrected chi connectivity index (χ0v) is 12.8. The zero-order valence-electron chi connectivity index (χ0n) is 12.0. The largest absolute Gasteiger partial charge is 0.496 e. The Labute approximate surface area is 127 Å². The number of rotatable bonds is 6. The molecule has 6 nitrogen and oxygen atoms in total. The Balaban J connectivity index is 2.03. The summed E-state index contributed by atoms with van der Waals surface area (Å²) in [7, 11) is 1.55. The summed E-state index contributed by atoms with van der Waals surface area (Å²) in [4.78, 5) is 5.41. The lowest BCUT2D eigenvalue weighted by Gasteiger charge is -2.10. The summed E-state index contributed by atoms with van der Waals surface area (Å²) in [6.07, 6.45) is 1.88. The lowest BCUT2D eigenvalue weighted by atomic mass is 10.1. The van der Waals surface area contributed by atoms with E-state index in [2.05, 4.69) is 15.5 Å². The first-order valence-electron chi connectivity index (χ1n) is 6.41. The van der Waals surface area contributed by atoms with E-state index in [4.69, 9.17) is 15.7 Å². The Morgan fingerprint density at radius 3 is 2.90 bits per heavy atom. The highest BCUT2D eigenvalue weighted by Gasteiger charge is 2.09. The highest BCUT2D eigenvalue weighted by Crippen LogP contribution is 2.20. The number of oxime groups is 1. The van der Waals surface area contributed by atoms with Crippen molar-refractivity contribution >= 4 is 17.2 Å². The van der Waals surface area contributed by atoms with Crippen LogP contribution in [0, 0.1) is 6.92 Å². The molecule has 0 aliphatic carbocycles. The molecule has 2 aromatic rings. The lowest BCUT2D eigenvalue weighted by Crippen LogP contribution is -2.16. The van der Waals surface area contributed by atoms with Crippen LogP contribution in [0.3, 0.4) is 0 Å². The van der Waals surface area contributed by atoms with Gasteiger partial charge >= 0.3 is 0 Å². The van der Waals surface area contributed by atoms with Gasteiger partial charge in [0.15, 0.2) is 5.84 Å². The molecule has 1 aromatic carbocycles. The maximum atomic E-state index is 8.81. The van der Waals surface area contributed by atoms with Crippen LogP contribution < -0.4 is 15.8 Å². The minimum atomic E-state index is 0.0341. The predicted octanol–water partition coefficient (Wildman–Crippen LogP) is 1.84. The summed E-state index contributed by atoms with van der Waals surface area (Å²) >= 11 is 1.67. The van der Waals surface area contributed by atoms with Crippen LogP contribution in [0.1, 0.15) is 21.0 Å². The van der Waals surface area contributed by atoms with Gasteiger partial charge in [0.2, 0.25) is 0 Å². The molecule has 7 heteroatoms. The number of nitrogens with zero attached hydrogens (tertiary/aromatic N) is 2. The second-order valence-electron chi connectivity index (χ2n) is 4.47. The van der Waals surface area contributed by atoms with Crippen molar-refractivity contribution in [2.24, 2.45) is 10.9 Å². The molecule has 112 valence electrons. The Hall–Kier alpha value is -2.12. The minimum Gasteiger partial charge on any atom is -0.496 e. The maximum Gasteiger partial charge on any atom is 0.173 e. The quantitative estimate of drug-likeness (QED) is 0.328. The summed E-state index contributed by atoms with van der Waals surface area (Å²) in [5.74, 6) is 0.610. The van der Waals surface area contributed by atoms with Gasteiger partial charge in [-0.25, -0.2) is 4.98 Å². The fraction of sp³-hybridized carbons (Fsp3) is 0.286. The van der Waals surface area contributed by atoms with E-state index in [0.717, 1.165) is 17.1 Å². The van der Waals surface area contributed by atoms with Crippen molar-refractivity contribution in [1.82, 2.24) is 10.3 Å². The molecular formula is C14H18N4O2S. The molecule has 0 fully saturated rings. The van der Waals surface area contributed by atoms with Crippen molar-refractivity contribution in [3.63, 3.8) is 0 Å². The van der Waals surface area contributed by atoms with E-state index in [1.807, 2.05) is 25.3 Å². The molecule has 0 bridgehead atoms. The normalized spacial score (nSPS) is 11.6. The van der Waals surface area contributed by atoms with E-state index in [9.17, 15) is 0 Å². The van der Waals surface area contributed by atoms with E-state index in [-0.39, 0.29) is 5.84 Å². The number of amidine groups is 1. The Bertz CT molecular complexity index is 640. The summed E-state index contributed by atoms with van der Waals surface area (Å²) in [6, 6.07) is 5.60. The third-order valence-electron chi connectivity index (χ3n) is 2.95. The average molecular weight is 306 g/mol. The van der Waals surface area contributed by atoms with Crippen molar-refractivity contribution in [2.45, 2.75) is 20.0 Å². The third kappa shape index (κ3) is 3.93. The van der Waals surface area contributed by atoms with Crippen LogP contribution in [-0.2, 0) is 13.1 Å². The summed E-state index contributed by atoms with van der Waals surface area (Å²) in [5, 5.41) is 16.2. The lowest BCUT2D eigenvalue weighted by molar-refractivity contribution is 0.318. The SMILES string of the molecule is COc1ccc(CNCc2cnc(C)s2)cc1C(N)=NO. The fourth-order valence-corrected chi connectivity index (χ4v) is 2.70. The number of nitrogens with two attached hydrogens (primary N) is 1. The van der Waals surface area contributed by atoms with Gasteiger partial charge in [-0.15, -0.1) is 11.3 Å². The van der Waals surface area contributed by atoms with E-state index >= 15 is 0 Å². The topological polar surface area (TPSA) is 92.8 Å². The molecule has 0 saturated heterocycles. The molecule has 1 heterocycles. The first-order chi connectivity index (χ1) is 10.1. The molecule has 0 radical (unpaired) electrons. The van der Waals surface area contributed by atoms with Gasteiger partial charge in [-0.3, -0.25) is 0 Å². The van der Waals surface area contributed by atoms with Crippen LogP contribution in [0.5, 0.6) is 5.75 Å². The first kappa shape index (κ1) is 15.3. The van der Waals surface area contributed by atoms with Crippen molar-refractivity contribution in [2.75, 3.05) is 7.11 Å². The van der Waals surface area contributed by atoms with Gasteiger partial charge in [-0.1, -0.05) is 11.2 Å². The number of hydrogen-bond donors (Lipinski definition) is 3. The number of thiazole rings is 1. The molecule has 0 spiro atoms. The molecular weight excluding hydrogens is 288 g/mol. The number of nitrogens with one attached hydrogen (secondary N) is 1. The molecule has 0 saturated carbocycles. The van der Waals surface area contributed by atoms with E-state index in [1.165, 1.54) is 4.88 Å². The number of aryl methyl sites for hydroxylation is 1. The van der Waals surface area contributed by atoms with Crippen LogP contribution in [-0.4, -0.2) is 23.1 Å². The zero-order chi connectivity index (χ0) is 15.2. The summed E-state index contributed by atoms with van der Waals surface area (Å²) in [5.41, 5.74) is 7.26. The Morgan fingerprint density at radius 1 is 1.48 bits per heavy atom. The van der Waals surface area contributed by atoms with Crippen LogP contribution in [0.4, 0.5) is 0 Å². The third-order valence-corrected chi connectivity index (χ3v) is 3.86. The van der Waals surface area contributed by atoms with Crippen molar-refractivity contribution in [3.8, 4) is 5.75 Å². The maximum absolute atomic E-state index is 8.81.